The summed E-state index contributed by atoms with van der Waals surface area (Å²) in [5.41, 5.74) is 0.295. The van der Waals surface area contributed by atoms with Gasteiger partial charge >= 0.3 is 0 Å². The second-order valence-electron chi connectivity index (χ2n) is 4.02. The van der Waals surface area contributed by atoms with Crippen molar-refractivity contribution in [3.63, 3.8) is 0 Å². The lowest BCUT2D eigenvalue weighted by molar-refractivity contribution is 0.191. The lowest BCUT2D eigenvalue weighted by Crippen LogP contribution is -2.00. The third kappa shape index (κ3) is 2.39. The van der Waals surface area contributed by atoms with E-state index in [1.54, 1.807) is 19.1 Å². The van der Waals surface area contributed by atoms with Gasteiger partial charge < -0.3 is 9.67 Å². The Morgan fingerprint density at radius 1 is 1.39 bits per heavy atom. The van der Waals surface area contributed by atoms with Crippen LogP contribution in [0.25, 0.3) is 0 Å². The SMILES string of the molecule is Cc1nnc(Sc2cccc(F)c2[C@@H](C)O)n1C. The number of hydrogen-bond acceptors (Lipinski definition) is 4. The fraction of sp³-hybridized carbons (Fsp3) is 0.333. The van der Waals surface area contributed by atoms with E-state index in [9.17, 15) is 9.50 Å². The standard InChI is InChI=1S/C12H14FN3OS/c1-7(17)11-9(13)5-4-6-10(11)18-12-15-14-8(2)16(12)3/h4-7,17H,1-3H3/t7-/m1/s1. The van der Waals surface area contributed by atoms with Gasteiger partial charge in [-0.15, -0.1) is 10.2 Å². The van der Waals surface area contributed by atoms with Gasteiger partial charge in [0.1, 0.15) is 11.6 Å². The maximum atomic E-state index is 13.7. The molecule has 6 heteroatoms. The maximum absolute atomic E-state index is 13.7. The van der Waals surface area contributed by atoms with E-state index in [2.05, 4.69) is 10.2 Å². The van der Waals surface area contributed by atoms with Crippen molar-refractivity contribution < 1.29 is 9.50 Å². The monoisotopic (exact) mass is 267 g/mol. The number of halogens is 1. The van der Waals surface area contributed by atoms with Crippen molar-refractivity contribution in [2.75, 3.05) is 0 Å². The smallest absolute Gasteiger partial charge is 0.195 e. The van der Waals surface area contributed by atoms with Crippen LogP contribution in [0.2, 0.25) is 0 Å². The van der Waals surface area contributed by atoms with E-state index < -0.39 is 11.9 Å². The molecule has 0 amide bonds. The third-order valence-electron chi connectivity index (χ3n) is 2.68. The molecule has 2 aromatic rings. The van der Waals surface area contributed by atoms with Crippen LogP contribution in [0.4, 0.5) is 4.39 Å². The molecule has 1 aromatic heterocycles. The topological polar surface area (TPSA) is 50.9 Å². The van der Waals surface area contributed by atoms with Crippen molar-refractivity contribution in [2.24, 2.45) is 7.05 Å². The van der Waals surface area contributed by atoms with Crippen LogP contribution in [0.15, 0.2) is 28.3 Å². The second kappa shape index (κ2) is 5.07. The molecule has 0 radical (unpaired) electrons. The minimum Gasteiger partial charge on any atom is -0.389 e. The maximum Gasteiger partial charge on any atom is 0.195 e. The van der Waals surface area contributed by atoms with Crippen molar-refractivity contribution in [3.05, 3.63) is 35.4 Å². The Labute approximate surface area is 109 Å². The number of nitrogens with zero attached hydrogens (tertiary/aromatic N) is 3. The van der Waals surface area contributed by atoms with Crippen molar-refractivity contribution >= 4 is 11.8 Å². The largest absolute Gasteiger partial charge is 0.389 e. The lowest BCUT2D eigenvalue weighted by Gasteiger charge is -2.12. The molecule has 0 spiro atoms. The van der Waals surface area contributed by atoms with E-state index in [0.29, 0.717) is 15.6 Å². The highest BCUT2D eigenvalue weighted by molar-refractivity contribution is 7.99. The van der Waals surface area contributed by atoms with Gasteiger partial charge in [0.05, 0.1) is 6.10 Å². The highest BCUT2D eigenvalue weighted by Crippen LogP contribution is 2.33. The van der Waals surface area contributed by atoms with Gasteiger partial charge in [0, 0.05) is 17.5 Å². The Bertz CT molecular complexity index is 568. The average molecular weight is 267 g/mol. The normalized spacial score (nSPS) is 12.7. The van der Waals surface area contributed by atoms with Crippen LogP contribution in [0.5, 0.6) is 0 Å². The Morgan fingerprint density at radius 3 is 2.67 bits per heavy atom. The van der Waals surface area contributed by atoms with Gasteiger partial charge in [0.15, 0.2) is 5.16 Å². The number of aliphatic hydroxyl groups excluding tert-OH is 1. The van der Waals surface area contributed by atoms with Crippen molar-refractivity contribution in [3.8, 4) is 0 Å². The quantitative estimate of drug-likeness (QED) is 0.928. The van der Waals surface area contributed by atoms with E-state index >= 15 is 0 Å². The van der Waals surface area contributed by atoms with Crippen LogP contribution in [0.3, 0.4) is 0 Å². The zero-order valence-electron chi connectivity index (χ0n) is 10.4. The number of benzene rings is 1. The first-order valence-electron chi connectivity index (χ1n) is 5.51. The van der Waals surface area contributed by atoms with Gasteiger partial charge in [-0.25, -0.2) is 4.39 Å². The summed E-state index contributed by atoms with van der Waals surface area (Å²) in [5.74, 6) is 0.376. The van der Waals surface area contributed by atoms with E-state index in [0.717, 1.165) is 5.82 Å². The summed E-state index contributed by atoms with van der Waals surface area (Å²) in [5, 5.41) is 18.3. The van der Waals surface area contributed by atoms with Crippen LogP contribution >= 0.6 is 11.8 Å². The molecule has 0 fully saturated rings. The summed E-state index contributed by atoms with van der Waals surface area (Å²) in [6.07, 6.45) is -0.858. The molecule has 0 aliphatic rings. The van der Waals surface area contributed by atoms with Gasteiger partial charge in [-0.05, 0) is 37.7 Å². The molecular weight excluding hydrogens is 253 g/mol. The van der Waals surface area contributed by atoms with E-state index in [1.807, 2.05) is 18.5 Å². The highest BCUT2D eigenvalue weighted by atomic mass is 32.2. The van der Waals surface area contributed by atoms with E-state index in [4.69, 9.17) is 0 Å². The molecule has 1 heterocycles. The number of aromatic nitrogens is 3. The van der Waals surface area contributed by atoms with Gasteiger partial charge in [-0.1, -0.05) is 6.07 Å². The molecule has 96 valence electrons. The van der Waals surface area contributed by atoms with Crippen LogP contribution < -0.4 is 0 Å². The molecule has 18 heavy (non-hydrogen) atoms. The first-order valence-corrected chi connectivity index (χ1v) is 6.32. The molecule has 1 atom stereocenters. The first kappa shape index (κ1) is 13.0. The van der Waals surface area contributed by atoms with Crippen molar-refractivity contribution in [1.29, 1.82) is 0 Å². The molecule has 0 unspecified atom stereocenters. The molecule has 0 aliphatic heterocycles. The summed E-state index contributed by atoms with van der Waals surface area (Å²) in [6, 6.07) is 4.72. The fourth-order valence-electron chi connectivity index (χ4n) is 1.59. The third-order valence-corrected chi connectivity index (χ3v) is 3.80. The van der Waals surface area contributed by atoms with Gasteiger partial charge in [0.25, 0.3) is 0 Å². The molecule has 2 rings (SSSR count). The van der Waals surface area contributed by atoms with Gasteiger partial charge in [-0.3, -0.25) is 0 Å². The summed E-state index contributed by atoms with van der Waals surface area (Å²) >= 11 is 1.29. The molecule has 1 aromatic carbocycles. The fourth-order valence-corrected chi connectivity index (χ4v) is 2.66. The van der Waals surface area contributed by atoms with Gasteiger partial charge in [-0.2, -0.15) is 0 Å². The van der Waals surface area contributed by atoms with Crippen molar-refractivity contribution in [1.82, 2.24) is 14.8 Å². The predicted octanol–water partition coefficient (Wildman–Crippen LogP) is 2.47. The summed E-state index contributed by atoms with van der Waals surface area (Å²) < 4.78 is 15.5. The summed E-state index contributed by atoms with van der Waals surface area (Å²) in [4.78, 5) is 0.653. The van der Waals surface area contributed by atoms with E-state index in [-0.39, 0.29) is 0 Å². The Balaban J connectivity index is 2.40. The zero-order chi connectivity index (χ0) is 13.3. The molecule has 0 bridgehead atoms. The van der Waals surface area contributed by atoms with Crippen LogP contribution in [0, 0.1) is 12.7 Å². The lowest BCUT2D eigenvalue weighted by atomic mass is 10.1. The van der Waals surface area contributed by atoms with Crippen LogP contribution in [0.1, 0.15) is 24.4 Å². The Hall–Kier alpha value is -1.40. The molecule has 1 N–H and O–H groups in total. The first-order chi connectivity index (χ1) is 8.50. The summed E-state index contributed by atoms with van der Waals surface area (Å²) in [6.45, 7) is 3.39. The van der Waals surface area contributed by atoms with Crippen molar-refractivity contribution in [2.45, 2.75) is 30.0 Å². The molecule has 4 nitrogen and oxygen atoms in total. The zero-order valence-corrected chi connectivity index (χ0v) is 11.2. The average Bonchev–Trinajstić information content (AvgIpc) is 2.60. The Kier molecular flexibility index (Phi) is 3.68. The molecule has 0 saturated carbocycles. The number of hydrogen-bond donors (Lipinski definition) is 1. The summed E-state index contributed by atoms with van der Waals surface area (Å²) in [7, 11) is 1.85. The second-order valence-corrected chi connectivity index (χ2v) is 5.03. The van der Waals surface area contributed by atoms with Crippen LogP contribution in [-0.4, -0.2) is 19.9 Å². The Morgan fingerprint density at radius 2 is 2.11 bits per heavy atom. The minimum atomic E-state index is -0.858. The van der Waals surface area contributed by atoms with E-state index in [1.165, 1.54) is 17.8 Å². The van der Waals surface area contributed by atoms with Crippen LogP contribution in [-0.2, 0) is 7.05 Å². The molecule has 0 saturated heterocycles. The number of rotatable bonds is 3. The predicted molar refractivity (Wildman–Crippen MR) is 66.9 cm³/mol. The van der Waals surface area contributed by atoms with Gasteiger partial charge in [0.2, 0.25) is 0 Å². The molecular formula is C12H14FN3OS. The molecule has 0 aliphatic carbocycles. The number of aryl methyl sites for hydroxylation is 1. The minimum absolute atomic E-state index is 0.295. The highest BCUT2D eigenvalue weighted by Gasteiger charge is 2.16. The number of aliphatic hydroxyl groups is 1.